The minimum atomic E-state index is -1.01. The SMILES string of the molecule is CCCCCCCCCCCCCCC(=O)OC(CCCCCCCCC)CCCCCCCC(=O)NCC(=O)O. The van der Waals surface area contributed by atoms with Gasteiger partial charge in [-0.05, 0) is 38.5 Å². The molecule has 0 aliphatic rings. The van der Waals surface area contributed by atoms with E-state index in [1.807, 2.05) is 0 Å². The molecule has 0 saturated heterocycles. The highest BCUT2D eigenvalue weighted by molar-refractivity contribution is 5.80. The second kappa shape index (κ2) is 31.3. The summed E-state index contributed by atoms with van der Waals surface area (Å²) in [6, 6.07) is 0. The molecule has 2 N–H and O–H groups in total. The Morgan fingerprint density at radius 3 is 1.32 bits per heavy atom. The van der Waals surface area contributed by atoms with Crippen LogP contribution in [0.1, 0.15) is 194 Å². The highest BCUT2D eigenvalue weighted by Gasteiger charge is 2.14. The Bertz CT molecular complexity index is 609. The molecule has 0 heterocycles. The van der Waals surface area contributed by atoms with E-state index in [9.17, 15) is 14.4 Å². The summed E-state index contributed by atoms with van der Waals surface area (Å²) >= 11 is 0. The first kappa shape index (κ1) is 39.4. The lowest BCUT2D eigenvalue weighted by Crippen LogP contribution is -2.28. The lowest BCUT2D eigenvalue weighted by atomic mass is 10.0. The predicted octanol–water partition coefficient (Wildman–Crippen LogP) is 10.1. The summed E-state index contributed by atoms with van der Waals surface area (Å²) < 4.78 is 5.96. The van der Waals surface area contributed by atoms with Crippen LogP contribution in [0.15, 0.2) is 0 Å². The van der Waals surface area contributed by atoms with E-state index in [1.165, 1.54) is 103 Å². The van der Waals surface area contributed by atoms with E-state index in [4.69, 9.17) is 9.84 Å². The third-order valence-electron chi connectivity index (χ3n) is 8.03. The van der Waals surface area contributed by atoms with Gasteiger partial charge in [0.25, 0.3) is 0 Å². The van der Waals surface area contributed by atoms with Crippen LogP contribution in [0.25, 0.3) is 0 Å². The molecule has 0 bridgehead atoms. The molecular weight excluding hydrogens is 514 g/mol. The minimum absolute atomic E-state index is 0.0163. The Kier molecular flexibility index (Phi) is 30.1. The number of aliphatic carboxylic acids is 1. The number of carbonyl (C=O) groups is 3. The van der Waals surface area contributed by atoms with Crippen LogP contribution < -0.4 is 5.32 Å². The Balaban J connectivity index is 4.06. The Hall–Kier alpha value is -1.59. The third-order valence-corrected chi connectivity index (χ3v) is 8.03. The molecule has 6 heteroatoms. The minimum Gasteiger partial charge on any atom is -0.480 e. The van der Waals surface area contributed by atoms with E-state index in [-0.39, 0.29) is 24.5 Å². The molecule has 1 atom stereocenters. The summed E-state index contributed by atoms with van der Waals surface area (Å²) in [7, 11) is 0. The first-order chi connectivity index (χ1) is 20.0. The molecule has 0 rings (SSSR count). The van der Waals surface area contributed by atoms with Crippen molar-refractivity contribution in [3.8, 4) is 0 Å². The Labute approximate surface area is 253 Å². The number of carboxylic acid groups (broad SMARTS) is 1. The fraction of sp³-hybridized carbons (Fsp3) is 0.914. The molecule has 1 amide bonds. The summed E-state index contributed by atoms with van der Waals surface area (Å²) in [5, 5.41) is 11.0. The van der Waals surface area contributed by atoms with Crippen molar-refractivity contribution >= 4 is 17.8 Å². The highest BCUT2D eigenvalue weighted by Crippen LogP contribution is 2.19. The van der Waals surface area contributed by atoms with Crippen LogP contribution in [0.2, 0.25) is 0 Å². The van der Waals surface area contributed by atoms with Gasteiger partial charge in [0.15, 0.2) is 0 Å². The quantitative estimate of drug-likeness (QED) is 0.0609. The van der Waals surface area contributed by atoms with E-state index >= 15 is 0 Å². The van der Waals surface area contributed by atoms with Gasteiger partial charge < -0.3 is 15.2 Å². The Morgan fingerprint density at radius 1 is 0.537 bits per heavy atom. The number of hydrogen-bond acceptors (Lipinski definition) is 4. The van der Waals surface area contributed by atoms with E-state index in [2.05, 4.69) is 19.2 Å². The van der Waals surface area contributed by atoms with Gasteiger partial charge in [0.1, 0.15) is 12.6 Å². The molecule has 1 unspecified atom stereocenters. The van der Waals surface area contributed by atoms with Crippen molar-refractivity contribution in [2.75, 3.05) is 6.54 Å². The largest absolute Gasteiger partial charge is 0.480 e. The number of nitrogens with one attached hydrogen (secondary N) is 1. The van der Waals surface area contributed by atoms with Gasteiger partial charge in [0.05, 0.1) is 0 Å². The second-order valence-electron chi connectivity index (χ2n) is 12.1. The van der Waals surface area contributed by atoms with Gasteiger partial charge in [-0.2, -0.15) is 0 Å². The van der Waals surface area contributed by atoms with Gasteiger partial charge in [-0.3, -0.25) is 14.4 Å². The summed E-state index contributed by atoms with van der Waals surface area (Å²) in [5.41, 5.74) is 0. The maximum absolute atomic E-state index is 12.6. The van der Waals surface area contributed by atoms with Gasteiger partial charge in [0.2, 0.25) is 5.91 Å². The van der Waals surface area contributed by atoms with Gasteiger partial charge in [-0.1, -0.05) is 142 Å². The van der Waals surface area contributed by atoms with Crippen molar-refractivity contribution in [3.05, 3.63) is 0 Å². The van der Waals surface area contributed by atoms with Crippen LogP contribution in [0.3, 0.4) is 0 Å². The van der Waals surface area contributed by atoms with Crippen molar-refractivity contribution in [2.45, 2.75) is 200 Å². The first-order valence-corrected chi connectivity index (χ1v) is 17.7. The van der Waals surface area contributed by atoms with Gasteiger partial charge in [0, 0.05) is 12.8 Å². The molecule has 0 radical (unpaired) electrons. The van der Waals surface area contributed by atoms with Crippen LogP contribution in [0.4, 0.5) is 0 Å². The normalized spacial score (nSPS) is 11.9. The van der Waals surface area contributed by atoms with Crippen molar-refractivity contribution in [2.24, 2.45) is 0 Å². The van der Waals surface area contributed by atoms with Crippen molar-refractivity contribution in [3.63, 3.8) is 0 Å². The fourth-order valence-corrected chi connectivity index (χ4v) is 5.40. The zero-order valence-corrected chi connectivity index (χ0v) is 27.2. The number of amides is 1. The number of esters is 1. The van der Waals surface area contributed by atoms with Crippen LogP contribution >= 0.6 is 0 Å². The maximum Gasteiger partial charge on any atom is 0.322 e. The predicted molar refractivity (Wildman–Crippen MR) is 171 cm³/mol. The van der Waals surface area contributed by atoms with E-state index < -0.39 is 5.97 Å². The van der Waals surface area contributed by atoms with Crippen LogP contribution in [0, 0.1) is 0 Å². The molecule has 0 aliphatic carbocycles. The Morgan fingerprint density at radius 2 is 0.902 bits per heavy atom. The topological polar surface area (TPSA) is 92.7 Å². The smallest absolute Gasteiger partial charge is 0.322 e. The molecule has 0 aliphatic heterocycles. The average Bonchev–Trinajstić information content (AvgIpc) is 2.95. The summed E-state index contributed by atoms with van der Waals surface area (Å²) in [6.45, 7) is 4.20. The third kappa shape index (κ3) is 31.2. The molecule has 0 aromatic carbocycles. The van der Waals surface area contributed by atoms with E-state index in [1.54, 1.807) is 0 Å². The molecule has 41 heavy (non-hydrogen) atoms. The summed E-state index contributed by atoms with van der Waals surface area (Å²) in [4.78, 5) is 34.7. The highest BCUT2D eigenvalue weighted by atomic mass is 16.5. The van der Waals surface area contributed by atoms with Crippen molar-refractivity contribution in [1.82, 2.24) is 5.32 Å². The number of carbonyl (C=O) groups excluding carboxylic acids is 2. The number of hydrogen-bond donors (Lipinski definition) is 2. The summed E-state index contributed by atoms with van der Waals surface area (Å²) in [6.07, 6.45) is 32.2. The van der Waals surface area contributed by atoms with Crippen LogP contribution in [-0.2, 0) is 19.1 Å². The molecular formula is C35H67NO5. The van der Waals surface area contributed by atoms with E-state index in [0.717, 1.165) is 64.2 Å². The van der Waals surface area contributed by atoms with Gasteiger partial charge in [-0.15, -0.1) is 0 Å². The molecule has 0 aromatic heterocycles. The number of unbranched alkanes of at least 4 members (excludes halogenated alkanes) is 21. The molecule has 242 valence electrons. The molecule has 0 saturated carbocycles. The second-order valence-corrected chi connectivity index (χ2v) is 12.1. The summed E-state index contributed by atoms with van der Waals surface area (Å²) in [5.74, 6) is -1.22. The number of rotatable bonds is 32. The van der Waals surface area contributed by atoms with Gasteiger partial charge in [-0.25, -0.2) is 0 Å². The van der Waals surface area contributed by atoms with Crippen LogP contribution in [0.5, 0.6) is 0 Å². The maximum atomic E-state index is 12.6. The lowest BCUT2D eigenvalue weighted by Gasteiger charge is -2.18. The van der Waals surface area contributed by atoms with Crippen molar-refractivity contribution < 1.29 is 24.2 Å². The van der Waals surface area contributed by atoms with Crippen LogP contribution in [-0.4, -0.2) is 35.6 Å². The zero-order chi connectivity index (χ0) is 30.2. The molecule has 0 spiro atoms. The van der Waals surface area contributed by atoms with E-state index in [0.29, 0.717) is 12.8 Å². The molecule has 6 nitrogen and oxygen atoms in total. The fourth-order valence-electron chi connectivity index (χ4n) is 5.40. The number of carboxylic acids is 1. The average molecular weight is 582 g/mol. The number of ether oxygens (including phenoxy) is 1. The monoisotopic (exact) mass is 582 g/mol. The standard InChI is InChI=1S/C35H67NO5/c1-3-5-7-9-11-12-13-14-15-17-22-26-30-35(40)41-32(27-23-19-16-10-8-6-4-2)28-24-20-18-21-25-29-33(37)36-31-34(38)39/h32H,3-31H2,1-2H3,(H,36,37)(H,38,39). The lowest BCUT2D eigenvalue weighted by molar-refractivity contribution is -0.150. The zero-order valence-electron chi connectivity index (χ0n) is 27.2. The van der Waals surface area contributed by atoms with Crippen molar-refractivity contribution in [1.29, 1.82) is 0 Å². The molecule has 0 fully saturated rings. The van der Waals surface area contributed by atoms with Gasteiger partial charge >= 0.3 is 11.9 Å². The first-order valence-electron chi connectivity index (χ1n) is 17.7. The molecule has 0 aromatic rings.